The summed E-state index contributed by atoms with van der Waals surface area (Å²) in [7, 11) is 1.46. The third kappa shape index (κ3) is 5.28. The van der Waals surface area contributed by atoms with Crippen LogP contribution >= 0.6 is 0 Å². The van der Waals surface area contributed by atoms with Crippen LogP contribution in [0.4, 0.5) is 13.2 Å². The Bertz CT molecular complexity index is 1090. The van der Waals surface area contributed by atoms with Crippen molar-refractivity contribution < 1.29 is 32.2 Å². The van der Waals surface area contributed by atoms with E-state index in [0.717, 1.165) is 17.7 Å². The molecule has 2 aromatic carbocycles. The number of amides is 1. The predicted molar refractivity (Wildman–Crippen MR) is 113 cm³/mol. The second-order valence-corrected chi connectivity index (χ2v) is 7.33. The standard InChI is InChI=1S/C23H22F3N3O4/c1-31-22-14-20(27-29(22)18-6-4-17(5-7-18)23(24,25)26)16-2-8-19(9-3-16)33-15-21(30)28-10-12-32-13-11-28/h2-9,14H,10-13,15H2,1H3. The largest absolute Gasteiger partial charge is 0.484 e. The number of ether oxygens (including phenoxy) is 3. The van der Waals surface area contributed by atoms with Crippen molar-refractivity contribution in [2.24, 2.45) is 0 Å². The molecular formula is C23H22F3N3O4. The van der Waals surface area contributed by atoms with E-state index in [9.17, 15) is 18.0 Å². The van der Waals surface area contributed by atoms with E-state index in [1.807, 2.05) is 0 Å². The van der Waals surface area contributed by atoms with Crippen LogP contribution in [0.3, 0.4) is 0 Å². The van der Waals surface area contributed by atoms with Gasteiger partial charge < -0.3 is 19.1 Å². The molecule has 4 rings (SSSR count). The van der Waals surface area contributed by atoms with Gasteiger partial charge in [0.15, 0.2) is 6.61 Å². The minimum absolute atomic E-state index is 0.0598. The maximum Gasteiger partial charge on any atom is 0.416 e. The van der Waals surface area contributed by atoms with Gasteiger partial charge in [0.05, 0.1) is 37.3 Å². The van der Waals surface area contributed by atoms with Gasteiger partial charge in [0.25, 0.3) is 5.91 Å². The maximum atomic E-state index is 12.8. The molecule has 7 nitrogen and oxygen atoms in total. The van der Waals surface area contributed by atoms with Gasteiger partial charge in [-0.05, 0) is 48.5 Å². The zero-order chi connectivity index (χ0) is 23.4. The number of carbonyl (C=O) groups excluding carboxylic acids is 1. The fourth-order valence-electron chi connectivity index (χ4n) is 3.40. The first-order chi connectivity index (χ1) is 15.8. The molecule has 1 aliphatic rings. The van der Waals surface area contributed by atoms with Crippen LogP contribution in [0.15, 0.2) is 54.6 Å². The Morgan fingerprint density at radius 3 is 2.33 bits per heavy atom. The highest BCUT2D eigenvalue weighted by molar-refractivity contribution is 5.77. The number of rotatable bonds is 6. The normalized spacial score (nSPS) is 14.2. The first kappa shape index (κ1) is 22.7. The summed E-state index contributed by atoms with van der Waals surface area (Å²) in [5.41, 5.74) is 1.03. The third-order valence-electron chi connectivity index (χ3n) is 5.20. The van der Waals surface area contributed by atoms with Gasteiger partial charge >= 0.3 is 6.18 Å². The van der Waals surface area contributed by atoms with E-state index in [1.165, 1.54) is 23.9 Å². The highest BCUT2D eigenvalue weighted by atomic mass is 19.4. The minimum Gasteiger partial charge on any atom is -0.484 e. The van der Waals surface area contributed by atoms with Crippen molar-refractivity contribution in [2.45, 2.75) is 6.18 Å². The Labute approximate surface area is 188 Å². The molecule has 174 valence electrons. The van der Waals surface area contributed by atoms with E-state index < -0.39 is 11.7 Å². The number of halogens is 3. The molecule has 0 saturated carbocycles. The second-order valence-electron chi connectivity index (χ2n) is 7.33. The van der Waals surface area contributed by atoms with Gasteiger partial charge in [-0.2, -0.15) is 18.3 Å². The Hall–Kier alpha value is -3.53. The lowest BCUT2D eigenvalue weighted by atomic mass is 10.1. The average molecular weight is 461 g/mol. The van der Waals surface area contributed by atoms with Crippen molar-refractivity contribution in [3.8, 4) is 28.6 Å². The summed E-state index contributed by atoms with van der Waals surface area (Å²) in [6.45, 7) is 2.12. The van der Waals surface area contributed by atoms with E-state index in [4.69, 9.17) is 14.2 Å². The van der Waals surface area contributed by atoms with Crippen LogP contribution in [0.5, 0.6) is 11.6 Å². The number of methoxy groups -OCH3 is 1. The molecule has 0 N–H and O–H groups in total. The first-order valence-corrected chi connectivity index (χ1v) is 10.3. The van der Waals surface area contributed by atoms with Gasteiger partial charge in [-0.3, -0.25) is 4.79 Å². The maximum absolute atomic E-state index is 12.8. The van der Waals surface area contributed by atoms with Crippen LogP contribution < -0.4 is 9.47 Å². The summed E-state index contributed by atoms with van der Waals surface area (Å²) < 4.78 is 56.1. The quantitative estimate of drug-likeness (QED) is 0.559. The van der Waals surface area contributed by atoms with Crippen LogP contribution in [0.2, 0.25) is 0 Å². The van der Waals surface area contributed by atoms with E-state index in [2.05, 4.69) is 5.10 Å². The lowest BCUT2D eigenvalue weighted by Gasteiger charge is -2.26. The third-order valence-corrected chi connectivity index (χ3v) is 5.20. The Balaban J connectivity index is 1.46. The molecule has 10 heteroatoms. The second kappa shape index (κ2) is 9.53. The zero-order valence-corrected chi connectivity index (χ0v) is 17.8. The van der Waals surface area contributed by atoms with Gasteiger partial charge in [-0.1, -0.05) is 0 Å². The molecule has 1 aromatic heterocycles. The number of aromatic nitrogens is 2. The highest BCUT2D eigenvalue weighted by Crippen LogP contribution is 2.31. The molecule has 1 fully saturated rings. The van der Waals surface area contributed by atoms with Crippen molar-refractivity contribution in [3.63, 3.8) is 0 Å². The van der Waals surface area contributed by atoms with Gasteiger partial charge in [0.2, 0.25) is 5.88 Å². The fraction of sp³-hybridized carbons (Fsp3) is 0.304. The SMILES string of the molecule is COc1cc(-c2ccc(OCC(=O)N3CCOCC3)cc2)nn1-c1ccc(C(F)(F)F)cc1. The fourth-order valence-corrected chi connectivity index (χ4v) is 3.40. The summed E-state index contributed by atoms with van der Waals surface area (Å²) in [5.74, 6) is 0.818. The predicted octanol–water partition coefficient (Wildman–Crippen LogP) is 3.80. The monoisotopic (exact) mass is 461 g/mol. The number of carbonyl (C=O) groups is 1. The Morgan fingerprint density at radius 2 is 1.73 bits per heavy atom. The smallest absolute Gasteiger partial charge is 0.416 e. The van der Waals surface area contributed by atoms with E-state index >= 15 is 0 Å². The van der Waals surface area contributed by atoms with E-state index in [0.29, 0.717) is 49.3 Å². The van der Waals surface area contributed by atoms with E-state index in [1.54, 1.807) is 35.2 Å². The summed E-state index contributed by atoms with van der Waals surface area (Å²) in [5, 5.41) is 4.48. The van der Waals surface area contributed by atoms with Crippen molar-refractivity contribution in [2.75, 3.05) is 40.0 Å². The highest BCUT2D eigenvalue weighted by Gasteiger charge is 2.30. The summed E-state index contributed by atoms with van der Waals surface area (Å²) in [6, 6.07) is 13.4. The Morgan fingerprint density at radius 1 is 1.06 bits per heavy atom. The zero-order valence-electron chi connectivity index (χ0n) is 17.8. The van der Waals surface area contributed by atoms with Crippen LogP contribution in [0.1, 0.15) is 5.56 Å². The molecule has 0 aliphatic carbocycles. The van der Waals surface area contributed by atoms with Crippen LogP contribution in [0.25, 0.3) is 16.9 Å². The van der Waals surface area contributed by atoms with Crippen molar-refractivity contribution in [1.82, 2.24) is 14.7 Å². The topological polar surface area (TPSA) is 65.8 Å². The number of hydrogen-bond acceptors (Lipinski definition) is 5. The van der Waals surface area contributed by atoms with Crippen LogP contribution in [-0.2, 0) is 15.7 Å². The molecule has 0 spiro atoms. The summed E-state index contributed by atoms with van der Waals surface area (Å²) >= 11 is 0. The molecule has 0 atom stereocenters. The van der Waals surface area contributed by atoms with Crippen LogP contribution in [-0.4, -0.2) is 60.6 Å². The molecule has 1 amide bonds. The minimum atomic E-state index is -4.41. The molecule has 1 aliphatic heterocycles. The molecule has 3 aromatic rings. The van der Waals surface area contributed by atoms with E-state index in [-0.39, 0.29) is 12.5 Å². The number of hydrogen-bond donors (Lipinski definition) is 0. The van der Waals surface area contributed by atoms with Crippen molar-refractivity contribution in [3.05, 3.63) is 60.2 Å². The summed E-state index contributed by atoms with van der Waals surface area (Å²) in [4.78, 5) is 13.9. The number of benzene rings is 2. The lowest BCUT2D eigenvalue weighted by molar-refractivity contribution is -0.138. The Kier molecular flexibility index (Phi) is 6.55. The van der Waals surface area contributed by atoms with Gasteiger partial charge in [-0.15, -0.1) is 0 Å². The summed E-state index contributed by atoms with van der Waals surface area (Å²) in [6.07, 6.45) is -4.41. The molecule has 0 unspecified atom stereocenters. The molecule has 33 heavy (non-hydrogen) atoms. The van der Waals surface area contributed by atoms with Gasteiger partial charge in [-0.25, -0.2) is 4.68 Å². The number of morpholine rings is 1. The average Bonchev–Trinajstić information content (AvgIpc) is 3.27. The molecule has 2 heterocycles. The molecular weight excluding hydrogens is 439 g/mol. The molecule has 0 radical (unpaired) electrons. The molecule has 1 saturated heterocycles. The number of alkyl halides is 3. The van der Waals surface area contributed by atoms with Crippen molar-refractivity contribution in [1.29, 1.82) is 0 Å². The number of nitrogens with zero attached hydrogens (tertiary/aromatic N) is 3. The van der Waals surface area contributed by atoms with Gasteiger partial charge in [0, 0.05) is 24.7 Å². The van der Waals surface area contributed by atoms with Crippen LogP contribution in [0, 0.1) is 0 Å². The molecule has 0 bridgehead atoms. The lowest BCUT2D eigenvalue weighted by Crippen LogP contribution is -2.42. The van der Waals surface area contributed by atoms with Crippen molar-refractivity contribution >= 4 is 5.91 Å². The van der Waals surface area contributed by atoms with Gasteiger partial charge in [0.1, 0.15) is 5.75 Å². The first-order valence-electron chi connectivity index (χ1n) is 10.3.